The average molecular weight is 251 g/mol. The van der Waals surface area contributed by atoms with Crippen molar-refractivity contribution in [2.75, 3.05) is 13.8 Å². The Bertz CT molecular complexity index is 360. The molecular formula is C8H8Cl2N2O3. The van der Waals surface area contributed by atoms with E-state index in [1.807, 2.05) is 0 Å². The Morgan fingerprint density at radius 2 is 2.33 bits per heavy atom. The number of carbonyl (C=O) groups is 1. The maximum Gasteiger partial charge on any atom is 0.342 e. The summed E-state index contributed by atoms with van der Waals surface area (Å²) in [7, 11) is 1.41. The van der Waals surface area contributed by atoms with Crippen LogP contribution in [0.2, 0.25) is 10.2 Å². The first kappa shape index (κ1) is 12.2. The van der Waals surface area contributed by atoms with Gasteiger partial charge in [-0.15, -0.1) is 0 Å². The van der Waals surface area contributed by atoms with Crippen LogP contribution in [0.25, 0.3) is 0 Å². The minimum absolute atomic E-state index is 0.0751. The zero-order valence-corrected chi connectivity index (χ0v) is 9.30. The maximum atomic E-state index is 11.4. The van der Waals surface area contributed by atoms with Crippen molar-refractivity contribution < 1.29 is 14.4 Å². The first-order valence-corrected chi connectivity index (χ1v) is 4.64. The fourth-order valence-electron chi connectivity index (χ4n) is 0.789. The molecule has 0 atom stereocenters. The summed E-state index contributed by atoms with van der Waals surface area (Å²) in [5.41, 5.74) is 2.50. The first-order chi connectivity index (χ1) is 7.15. The van der Waals surface area contributed by atoms with Crippen LogP contribution < -0.4 is 5.48 Å². The van der Waals surface area contributed by atoms with Crippen LogP contribution >= 0.6 is 23.2 Å². The zero-order chi connectivity index (χ0) is 11.3. The lowest BCUT2D eigenvalue weighted by molar-refractivity contribution is 0.000387. The third-order valence-electron chi connectivity index (χ3n) is 1.45. The molecule has 1 aromatic rings. The normalized spacial score (nSPS) is 10.1. The number of hydrogen-bond donors (Lipinski definition) is 1. The van der Waals surface area contributed by atoms with E-state index in [2.05, 4.69) is 15.3 Å². The highest BCUT2D eigenvalue weighted by Crippen LogP contribution is 2.19. The summed E-state index contributed by atoms with van der Waals surface area (Å²) in [6, 6.07) is 1.36. The minimum Gasteiger partial charge on any atom is -0.444 e. The van der Waals surface area contributed by atoms with Crippen LogP contribution in [0.3, 0.4) is 0 Å². The number of halogens is 2. The molecule has 0 aromatic carbocycles. The fraction of sp³-hybridized carbons (Fsp3) is 0.250. The van der Waals surface area contributed by atoms with Gasteiger partial charge in [-0.1, -0.05) is 23.2 Å². The monoisotopic (exact) mass is 250 g/mol. The molecule has 0 unspecified atom stereocenters. The topological polar surface area (TPSA) is 60.5 Å². The molecular weight excluding hydrogens is 243 g/mol. The van der Waals surface area contributed by atoms with E-state index in [0.717, 1.165) is 0 Å². The summed E-state index contributed by atoms with van der Waals surface area (Å²) in [5.74, 6) is -0.603. The number of carbonyl (C=O) groups excluding carboxylic acids is 1. The molecule has 0 spiro atoms. The Balaban J connectivity index is 2.65. The molecule has 1 heterocycles. The van der Waals surface area contributed by atoms with Gasteiger partial charge >= 0.3 is 5.97 Å². The molecule has 0 fully saturated rings. The Hall–Kier alpha value is -0.880. The standard InChI is InChI=1S/C8H8Cl2N2O3/c1-14-12-4-15-8(13)5-3-11-7(10)2-6(5)9/h2-3,12H,4H2,1H3. The number of hydrogen-bond acceptors (Lipinski definition) is 5. The summed E-state index contributed by atoms with van der Waals surface area (Å²) < 4.78 is 4.75. The molecule has 0 amide bonds. The quantitative estimate of drug-likeness (QED) is 0.290. The highest BCUT2D eigenvalue weighted by molar-refractivity contribution is 6.35. The predicted octanol–water partition coefficient (Wildman–Crippen LogP) is 1.65. The van der Waals surface area contributed by atoms with Gasteiger partial charge in [0.2, 0.25) is 0 Å². The number of nitrogens with zero attached hydrogens (tertiary/aromatic N) is 1. The van der Waals surface area contributed by atoms with Crippen LogP contribution in [0.5, 0.6) is 0 Å². The molecule has 5 nitrogen and oxygen atoms in total. The third-order valence-corrected chi connectivity index (χ3v) is 1.97. The summed E-state index contributed by atoms with van der Waals surface area (Å²) >= 11 is 11.3. The van der Waals surface area contributed by atoms with Crippen molar-refractivity contribution >= 4 is 29.2 Å². The van der Waals surface area contributed by atoms with E-state index in [0.29, 0.717) is 0 Å². The lowest BCUT2D eigenvalue weighted by Crippen LogP contribution is -2.19. The Morgan fingerprint density at radius 1 is 1.60 bits per heavy atom. The molecule has 0 aliphatic carbocycles. The third kappa shape index (κ3) is 3.64. The molecule has 1 rings (SSSR count). The molecule has 0 bridgehead atoms. The van der Waals surface area contributed by atoms with Gasteiger partial charge in [0, 0.05) is 6.20 Å². The first-order valence-electron chi connectivity index (χ1n) is 3.89. The molecule has 0 saturated heterocycles. The highest BCUT2D eigenvalue weighted by atomic mass is 35.5. The van der Waals surface area contributed by atoms with Crippen molar-refractivity contribution in [2.45, 2.75) is 0 Å². The van der Waals surface area contributed by atoms with Crippen LogP contribution in [0.15, 0.2) is 12.3 Å². The van der Waals surface area contributed by atoms with Crippen LogP contribution in [-0.4, -0.2) is 24.8 Å². The lowest BCUT2D eigenvalue weighted by Gasteiger charge is -2.05. The van der Waals surface area contributed by atoms with Gasteiger partial charge in [-0.2, -0.15) is 5.48 Å². The molecule has 0 aliphatic heterocycles. The molecule has 1 aromatic heterocycles. The molecule has 0 saturated carbocycles. The summed E-state index contributed by atoms with van der Waals surface area (Å²) in [6.45, 7) is -0.0751. The van der Waals surface area contributed by atoms with Gasteiger partial charge in [0.25, 0.3) is 0 Å². The number of rotatable bonds is 4. The van der Waals surface area contributed by atoms with E-state index in [9.17, 15) is 4.79 Å². The summed E-state index contributed by atoms with van der Waals surface area (Å²) in [4.78, 5) is 19.6. The van der Waals surface area contributed by atoms with E-state index in [1.165, 1.54) is 19.4 Å². The number of nitrogens with one attached hydrogen (secondary N) is 1. The number of esters is 1. The van der Waals surface area contributed by atoms with Crippen molar-refractivity contribution in [1.29, 1.82) is 0 Å². The predicted molar refractivity (Wildman–Crippen MR) is 54.7 cm³/mol. The summed E-state index contributed by atoms with van der Waals surface area (Å²) in [5, 5.41) is 0.406. The van der Waals surface area contributed by atoms with Crippen LogP contribution in [0.4, 0.5) is 0 Å². The van der Waals surface area contributed by atoms with Crippen molar-refractivity contribution in [3.05, 3.63) is 28.0 Å². The zero-order valence-electron chi connectivity index (χ0n) is 7.79. The second-order valence-electron chi connectivity index (χ2n) is 2.41. The molecule has 15 heavy (non-hydrogen) atoms. The summed E-state index contributed by atoms with van der Waals surface area (Å²) in [6.07, 6.45) is 1.25. The van der Waals surface area contributed by atoms with Crippen molar-refractivity contribution in [3.63, 3.8) is 0 Å². The van der Waals surface area contributed by atoms with Crippen LogP contribution in [0, 0.1) is 0 Å². The number of ether oxygens (including phenoxy) is 1. The molecule has 0 aliphatic rings. The van der Waals surface area contributed by atoms with Gasteiger partial charge in [0.05, 0.1) is 17.7 Å². The van der Waals surface area contributed by atoms with Gasteiger partial charge in [-0.05, 0) is 6.07 Å². The highest BCUT2D eigenvalue weighted by Gasteiger charge is 2.12. The lowest BCUT2D eigenvalue weighted by atomic mass is 10.3. The largest absolute Gasteiger partial charge is 0.444 e. The Morgan fingerprint density at radius 3 is 2.93 bits per heavy atom. The van der Waals surface area contributed by atoms with Crippen molar-refractivity contribution in [2.24, 2.45) is 0 Å². The van der Waals surface area contributed by atoms with E-state index < -0.39 is 5.97 Å². The smallest absolute Gasteiger partial charge is 0.342 e. The van der Waals surface area contributed by atoms with E-state index in [4.69, 9.17) is 27.9 Å². The fourth-order valence-corrected chi connectivity index (χ4v) is 1.23. The van der Waals surface area contributed by atoms with Gasteiger partial charge < -0.3 is 9.57 Å². The van der Waals surface area contributed by atoms with Gasteiger partial charge in [-0.25, -0.2) is 9.78 Å². The van der Waals surface area contributed by atoms with Crippen molar-refractivity contribution in [1.82, 2.24) is 10.5 Å². The second kappa shape index (κ2) is 5.87. The van der Waals surface area contributed by atoms with E-state index in [-0.39, 0.29) is 22.5 Å². The molecule has 1 N–H and O–H groups in total. The Kier molecular flexibility index (Phi) is 4.77. The second-order valence-corrected chi connectivity index (χ2v) is 3.21. The average Bonchev–Trinajstić information content (AvgIpc) is 2.17. The van der Waals surface area contributed by atoms with Gasteiger partial charge in [0.15, 0.2) is 6.73 Å². The van der Waals surface area contributed by atoms with E-state index in [1.54, 1.807) is 0 Å². The molecule has 0 radical (unpaired) electrons. The van der Waals surface area contributed by atoms with Gasteiger partial charge in [-0.3, -0.25) is 0 Å². The van der Waals surface area contributed by atoms with E-state index >= 15 is 0 Å². The van der Waals surface area contributed by atoms with Crippen molar-refractivity contribution in [3.8, 4) is 0 Å². The molecule has 82 valence electrons. The SMILES string of the molecule is CONCOC(=O)c1cnc(Cl)cc1Cl. The van der Waals surface area contributed by atoms with Crippen LogP contribution in [-0.2, 0) is 9.57 Å². The number of aromatic nitrogens is 1. The molecule has 7 heteroatoms. The maximum absolute atomic E-state index is 11.4. The van der Waals surface area contributed by atoms with Crippen LogP contribution in [0.1, 0.15) is 10.4 Å². The Labute approximate surface area is 96.2 Å². The minimum atomic E-state index is -0.603. The number of hydroxylamine groups is 1. The number of pyridine rings is 1. The van der Waals surface area contributed by atoms with Gasteiger partial charge in [0.1, 0.15) is 5.15 Å².